The zero-order chi connectivity index (χ0) is 21.1. The molecule has 0 saturated carbocycles. The Bertz CT molecular complexity index is 1020. The molecule has 0 fully saturated rings. The van der Waals surface area contributed by atoms with Crippen molar-refractivity contribution in [2.75, 3.05) is 12.4 Å². The van der Waals surface area contributed by atoms with Crippen LogP contribution >= 0.6 is 0 Å². The van der Waals surface area contributed by atoms with Gasteiger partial charge in [-0.25, -0.2) is 18.4 Å². The Labute approximate surface area is 163 Å². The number of esters is 1. The van der Waals surface area contributed by atoms with Gasteiger partial charge in [-0.15, -0.1) is 0 Å². The van der Waals surface area contributed by atoms with Crippen LogP contribution in [-0.4, -0.2) is 33.5 Å². The molecule has 3 N–H and O–H groups in total. The number of nitrogens with one attached hydrogen (secondary N) is 1. The van der Waals surface area contributed by atoms with E-state index < -0.39 is 28.0 Å². The largest absolute Gasteiger partial charge is 0.496 e. The van der Waals surface area contributed by atoms with Crippen molar-refractivity contribution in [2.45, 2.75) is 31.8 Å². The second kappa shape index (κ2) is 8.41. The van der Waals surface area contributed by atoms with Crippen LogP contribution in [0.2, 0.25) is 0 Å². The number of hydrogen-bond donors (Lipinski definition) is 2. The highest BCUT2D eigenvalue weighted by atomic mass is 32.2. The van der Waals surface area contributed by atoms with Crippen LogP contribution in [0.25, 0.3) is 0 Å². The summed E-state index contributed by atoms with van der Waals surface area (Å²) in [5.74, 6) is -1.34. The molecule has 0 spiro atoms. The molecule has 0 heterocycles. The number of amides is 1. The van der Waals surface area contributed by atoms with Crippen LogP contribution in [0.4, 0.5) is 5.69 Å². The van der Waals surface area contributed by atoms with Gasteiger partial charge < -0.3 is 14.8 Å². The fraction of sp³-hybridized carbons (Fsp3) is 0.263. The van der Waals surface area contributed by atoms with Crippen molar-refractivity contribution in [1.82, 2.24) is 0 Å². The van der Waals surface area contributed by atoms with E-state index in [0.29, 0.717) is 5.69 Å². The molecule has 0 aromatic heterocycles. The molecule has 0 radical (unpaired) electrons. The number of carbonyl (C=O) groups excluding carboxylic acids is 2. The molecule has 2 aromatic carbocycles. The molecule has 8 nitrogen and oxygen atoms in total. The van der Waals surface area contributed by atoms with Gasteiger partial charge in [-0.2, -0.15) is 0 Å². The quantitative estimate of drug-likeness (QED) is 0.708. The number of methoxy groups -OCH3 is 1. The van der Waals surface area contributed by atoms with Gasteiger partial charge in [0.05, 0.1) is 12.0 Å². The van der Waals surface area contributed by atoms with Gasteiger partial charge in [0.2, 0.25) is 10.0 Å². The van der Waals surface area contributed by atoms with Crippen LogP contribution in [-0.2, 0) is 19.6 Å². The van der Waals surface area contributed by atoms with Crippen LogP contribution in [0.1, 0.15) is 28.4 Å². The first-order chi connectivity index (χ1) is 13.0. The van der Waals surface area contributed by atoms with Crippen LogP contribution in [0.15, 0.2) is 41.3 Å². The lowest BCUT2D eigenvalue weighted by atomic mass is 10.1. The summed E-state index contributed by atoms with van der Waals surface area (Å²) in [4.78, 5) is 24.6. The minimum Gasteiger partial charge on any atom is -0.496 e. The predicted molar refractivity (Wildman–Crippen MR) is 104 cm³/mol. The lowest BCUT2D eigenvalue weighted by Crippen LogP contribution is -2.30. The van der Waals surface area contributed by atoms with Crippen LogP contribution in [0.5, 0.6) is 5.75 Å². The standard InChI is InChI=1S/C19H22N2O6S/c1-11-5-6-12(2)16(9-11)21-18(22)13(3)27-19(23)15-10-14(28(20,24)25)7-8-17(15)26-4/h5-10,13H,1-4H3,(H,21,22)(H2,20,24,25)/t13-/m0/s1. The zero-order valence-electron chi connectivity index (χ0n) is 16.0. The Morgan fingerprint density at radius 1 is 1.11 bits per heavy atom. The monoisotopic (exact) mass is 406 g/mol. The molecule has 2 rings (SSSR count). The van der Waals surface area contributed by atoms with Crippen molar-refractivity contribution in [3.63, 3.8) is 0 Å². The Kier molecular flexibility index (Phi) is 6.42. The molecule has 0 bridgehead atoms. The van der Waals surface area contributed by atoms with Gasteiger partial charge >= 0.3 is 5.97 Å². The Hall–Kier alpha value is -2.91. The summed E-state index contributed by atoms with van der Waals surface area (Å²) in [7, 11) is -2.70. The first-order valence-electron chi connectivity index (χ1n) is 8.33. The van der Waals surface area contributed by atoms with E-state index >= 15 is 0 Å². The predicted octanol–water partition coefficient (Wildman–Crippen LogP) is 2.14. The number of carbonyl (C=O) groups is 2. The number of rotatable bonds is 6. The molecule has 1 atom stereocenters. The minimum absolute atomic E-state index is 0.0968. The van der Waals surface area contributed by atoms with E-state index in [4.69, 9.17) is 14.6 Å². The summed E-state index contributed by atoms with van der Waals surface area (Å²) in [6.45, 7) is 5.15. The molecular formula is C19H22N2O6S. The Morgan fingerprint density at radius 3 is 2.39 bits per heavy atom. The van der Waals surface area contributed by atoms with Gasteiger partial charge in [0.1, 0.15) is 11.3 Å². The lowest BCUT2D eigenvalue weighted by Gasteiger charge is -2.16. The molecule has 0 aliphatic carbocycles. The third-order valence-corrected chi connectivity index (χ3v) is 4.93. The number of nitrogens with two attached hydrogens (primary N) is 1. The van der Waals surface area contributed by atoms with Crippen LogP contribution in [0, 0.1) is 13.8 Å². The molecule has 0 aliphatic rings. The van der Waals surface area contributed by atoms with Crippen LogP contribution < -0.4 is 15.2 Å². The van der Waals surface area contributed by atoms with E-state index in [2.05, 4.69) is 5.32 Å². The summed E-state index contributed by atoms with van der Waals surface area (Å²) in [5.41, 5.74) is 2.29. The van der Waals surface area contributed by atoms with Crippen molar-refractivity contribution >= 4 is 27.6 Å². The zero-order valence-corrected chi connectivity index (χ0v) is 16.8. The summed E-state index contributed by atoms with van der Waals surface area (Å²) >= 11 is 0. The first kappa shape index (κ1) is 21.4. The van der Waals surface area contributed by atoms with E-state index in [0.717, 1.165) is 17.2 Å². The number of sulfonamides is 1. The number of hydrogen-bond acceptors (Lipinski definition) is 6. The van der Waals surface area contributed by atoms with E-state index in [-0.39, 0.29) is 16.2 Å². The second-order valence-electron chi connectivity index (χ2n) is 6.26. The molecule has 1 amide bonds. The van der Waals surface area contributed by atoms with Gasteiger partial charge in [0.25, 0.3) is 5.91 Å². The molecule has 9 heteroatoms. The molecule has 28 heavy (non-hydrogen) atoms. The van der Waals surface area contributed by atoms with Gasteiger partial charge in [0, 0.05) is 5.69 Å². The number of benzene rings is 2. The maximum Gasteiger partial charge on any atom is 0.342 e. The molecule has 2 aromatic rings. The highest BCUT2D eigenvalue weighted by Crippen LogP contribution is 2.23. The number of aryl methyl sites for hydroxylation is 2. The average Bonchev–Trinajstić information content (AvgIpc) is 2.63. The summed E-state index contributed by atoms with van der Waals surface area (Å²) in [5, 5.41) is 7.80. The third-order valence-electron chi connectivity index (χ3n) is 4.02. The van der Waals surface area contributed by atoms with Crippen molar-refractivity contribution in [1.29, 1.82) is 0 Å². The Morgan fingerprint density at radius 2 is 1.79 bits per heavy atom. The summed E-state index contributed by atoms with van der Waals surface area (Å²) in [6, 6.07) is 9.13. The smallest absolute Gasteiger partial charge is 0.342 e. The van der Waals surface area contributed by atoms with Crippen LogP contribution in [0.3, 0.4) is 0 Å². The number of ether oxygens (including phenoxy) is 2. The van der Waals surface area contributed by atoms with E-state index in [1.54, 1.807) is 6.07 Å². The van der Waals surface area contributed by atoms with Gasteiger partial charge in [0.15, 0.2) is 6.10 Å². The minimum atomic E-state index is -4.02. The number of anilines is 1. The molecule has 0 aliphatic heterocycles. The average molecular weight is 406 g/mol. The normalized spacial score (nSPS) is 12.2. The second-order valence-corrected chi connectivity index (χ2v) is 7.82. The molecular weight excluding hydrogens is 384 g/mol. The van der Waals surface area contributed by atoms with Gasteiger partial charge in [-0.3, -0.25) is 4.79 Å². The third kappa shape index (κ3) is 5.08. The number of primary sulfonamides is 1. The van der Waals surface area contributed by atoms with Gasteiger partial charge in [-0.1, -0.05) is 12.1 Å². The van der Waals surface area contributed by atoms with Crippen molar-refractivity contribution in [2.24, 2.45) is 5.14 Å². The summed E-state index contributed by atoms with van der Waals surface area (Å²) in [6.07, 6.45) is -1.13. The van der Waals surface area contributed by atoms with Crippen molar-refractivity contribution in [3.05, 3.63) is 53.1 Å². The lowest BCUT2D eigenvalue weighted by molar-refractivity contribution is -0.123. The van der Waals surface area contributed by atoms with E-state index in [1.165, 1.54) is 26.2 Å². The SMILES string of the molecule is COc1ccc(S(N)(=O)=O)cc1C(=O)O[C@@H](C)C(=O)Nc1cc(C)ccc1C. The van der Waals surface area contributed by atoms with E-state index in [1.807, 2.05) is 26.0 Å². The fourth-order valence-electron chi connectivity index (χ4n) is 2.41. The topological polar surface area (TPSA) is 125 Å². The van der Waals surface area contributed by atoms with Crippen molar-refractivity contribution in [3.8, 4) is 5.75 Å². The molecule has 0 unspecified atom stereocenters. The fourth-order valence-corrected chi connectivity index (χ4v) is 2.95. The Balaban J connectivity index is 2.19. The van der Waals surface area contributed by atoms with E-state index in [9.17, 15) is 18.0 Å². The molecule has 0 saturated heterocycles. The summed E-state index contributed by atoms with van der Waals surface area (Å²) < 4.78 is 33.3. The van der Waals surface area contributed by atoms with Crippen molar-refractivity contribution < 1.29 is 27.5 Å². The molecule has 150 valence electrons. The highest BCUT2D eigenvalue weighted by molar-refractivity contribution is 7.89. The maximum absolute atomic E-state index is 12.5. The first-order valence-corrected chi connectivity index (χ1v) is 9.87. The maximum atomic E-state index is 12.5. The highest BCUT2D eigenvalue weighted by Gasteiger charge is 2.23. The van der Waals surface area contributed by atoms with Gasteiger partial charge in [-0.05, 0) is 56.2 Å².